The van der Waals surface area contributed by atoms with E-state index in [0.29, 0.717) is 12.5 Å². The van der Waals surface area contributed by atoms with Gasteiger partial charge in [0.1, 0.15) is 5.75 Å². The van der Waals surface area contributed by atoms with E-state index in [1.165, 1.54) is 17.3 Å². The second kappa shape index (κ2) is 6.76. The standard InChI is InChI=1S/C25H28N2O3S/c1-6-30-18-9-7-17(8-10-18)26-21(28)14-31-25(26)20-12-15(2)11-19-16(3)13-24(4,5)27(22(19)20)23(25)29/h7-12,16H,6,13-14H2,1-5H3/t16-,25+/m1/s1. The summed E-state index contributed by atoms with van der Waals surface area (Å²) in [6.07, 6.45) is 0.895. The monoisotopic (exact) mass is 436 g/mol. The zero-order chi connectivity index (χ0) is 22.1. The molecule has 2 amide bonds. The maximum Gasteiger partial charge on any atom is 0.269 e. The molecule has 0 aromatic heterocycles. The fourth-order valence-electron chi connectivity index (χ4n) is 5.60. The largest absolute Gasteiger partial charge is 0.494 e. The van der Waals surface area contributed by atoms with Gasteiger partial charge in [-0.2, -0.15) is 0 Å². The van der Waals surface area contributed by atoms with Crippen molar-refractivity contribution < 1.29 is 14.3 Å². The first-order valence-electron chi connectivity index (χ1n) is 10.9. The molecule has 0 bridgehead atoms. The Bertz CT molecular complexity index is 1090. The Balaban J connectivity index is 1.73. The molecule has 1 fully saturated rings. The first-order valence-corrected chi connectivity index (χ1v) is 11.9. The van der Waals surface area contributed by atoms with Gasteiger partial charge in [-0.25, -0.2) is 0 Å². The molecule has 2 aromatic carbocycles. The molecule has 3 aliphatic heterocycles. The van der Waals surface area contributed by atoms with Crippen LogP contribution in [0.1, 0.15) is 56.7 Å². The van der Waals surface area contributed by atoms with Crippen LogP contribution in [0.2, 0.25) is 0 Å². The van der Waals surface area contributed by atoms with E-state index in [-0.39, 0.29) is 23.1 Å². The van der Waals surface area contributed by atoms with E-state index < -0.39 is 4.87 Å². The highest BCUT2D eigenvalue weighted by Crippen LogP contribution is 2.61. The third kappa shape index (κ3) is 2.70. The Labute approximate surface area is 187 Å². The van der Waals surface area contributed by atoms with Crippen molar-refractivity contribution in [2.75, 3.05) is 22.2 Å². The summed E-state index contributed by atoms with van der Waals surface area (Å²) in [5, 5.41) is 0. The molecule has 2 atom stereocenters. The normalized spacial score (nSPS) is 26.0. The maximum absolute atomic E-state index is 14.2. The first-order chi connectivity index (χ1) is 14.7. The minimum atomic E-state index is -1.05. The fraction of sp³-hybridized carbons (Fsp3) is 0.440. The van der Waals surface area contributed by atoms with Crippen LogP contribution < -0.4 is 14.5 Å². The average molecular weight is 437 g/mol. The molecule has 3 aliphatic rings. The van der Waals surface area contributed by atoms with Crippen molar-refractivity contribution in [2.45, 2.75) is 57.4 Å². The zero-order valence-corrected chi connectivity index (χ0v) is 19.5. The van der Waals surface area contributed by atoms with Gasteiger partial charge in [-0.1, -0.05) is 24.6 Å². The number of hydrogen-bond donors (Lipinski definition) is 0. The minimum absolute atomic E-state index is 0.00372. The molecule has 31 heavy (non-hydrogen) atoms. The Morgan fingerprint density at radius 3 is 2.52 bits per heavy atom. The molecule has 1 spiro atoms. The summed E-state index contributed by atoms with van der Waals surface area (Å²) in [6.45, 7) is 11.1. The summed E-state index contributed by atoms with van der Waals surface area (Å²) in [6, 6.07) is 11.8. The van der Waals surface area contributed by atoms with Gasteiger partial charge in [0, 0.05) is 16.8 Å². The topological polar surface area (TPSA) is 49.9 Å². The molecule has 0 N–H and O–H groups in total. The number of anilines is 2. The zero-order valence-electron chi connectivity index (χ0n) is 18.7. The van der Waals surface area contributed by atoms with Gasteiger partial charge in [-0.15, -0.1) is 11.8 Å². The van der Waals surface area contributed by atoms with Crippen molar-refractivity contribution in [1.29, 1.82) is 0 Å². The Morgan fingerprint density at radius 2 is 1.84 bits per heavy atom. The second-order valence-electron chi connectivity index (χ2n) is 9.40. The predicted octanol–water partition coefficient (Wildman–Crippen LogP) is 4.96. The number of fused-ring (bicyclic) bond motifs is 1. The number of amides is 2. The number of hydrogen-bond acceptors (Lipinski definition) is 4. The number of carbonyl (C=O) groups excluding carboxylic acids is 2. The van der Waals surface area contributed by atoms with Gasteiger partial charge in [-0.05, 0) is 69.9 Å². The van der Waals surface area contributed by atoms with E-state index in [2.05, 4.69) is 39.8 Å². The fourth-order valence-corrected chi connectivity index (χ4v) is 6.92. The van der Waals surface area contributed by atoms with E-state index in [1.807, 2.05) is 36.1 Å². The van der Waals surface area contributed by atoms with Gasteiger partial charge in [-0.3, -0.25) is 14.5 Å². The highest BCUT2D eigenvalue weighted by atomic mass is 32.2. The molecule has 6 heteroatoms. The highest BCUT2D eigenvalue weighted by molar-refractivity contribution is 8.02. The van der Waals surface area contributed by atoms with E-state index in [1.54, 1.807) is 4.90 Å². The van der Waals surface area contributed by atoms with Gasteiger partial charge in [0.25, 0.3) is 5.91 Å². The van der Waals surface area contributed by atoms with E-state index in [9.17, 15) is 9.59 Å². The molecular formula is C25H28N2O3S. The highest BCUT2D eigenvalue weighted by Gasteiger charge is 2.64. The van der Waals surface area contributed by atoms with Crippen molar-refractivity contribution in [2.24, 2.45) is 0 Å². The quantitative estimate of drug-likeness (QED) is 0.682. The van der Waals surface area contributed by atoms with Gasteiger partial charge >= 0.3 is 0 Å². The Morgan fingerprint density at radius 1 is 1.13 bits per heavy atom. The van der Waals surface area contributed by atoms with Gasteiger partial charge in [0.2, 0.25) is 10.8 Å². The second-order valence-corrected chi connectivity index (χ2v) is 10.6. The third-order valence-electron chi connectivity index (χ3n) is 6.68. The van der Waals surface area contributed by atoms with Gasteiger partial charge in [0.05, 0.1) is 18.0 Å². The lowest BCUT2D eigenvalue weighted by molar-refractivity contribution is -0.124. The van der Waals surface area contributed by atoms with E-state index >= 15 is 0 Å². The number of rotatable bonds is 3. The van der Waals surface area contributed by atoms with E-state index in [0.717, 1.165) is 34.7 Å². The van der Waals surface area contributed by atoms with Crippen LogP contribution in [0.3, 0.4) is 0 Å². The van der Waals surface area contributed by atoms with Crippen LogP contribution in [0.4, 0.5) is 11.4 Å². The molecule has 162 valence electrons. The van der Waals surface area contributed by atoms with Gasteiger partial charge in [0.15, 0.2) is 0 Å². The summed E-state index contributed by atoms with van der Waals surface area (Å²) in [5.41, 5.74) is 4.72. The molecule has 2 aromatic rings. The van der Waals surface area contributed by atoms with Crippen LogP contribution in [0.15, 0.2) is 36.4 Å². The number of ether oxygens (including phenoxy) is 1. The third-order valence-corrected chi connectivity index (χ3v) is 8.07. The summed E-state index contributed by atoms with van der Waals surface area (Å²) in [5.74, 6) is 1.35. The minimum Gasteiger partial charge on any atom is -0.494 e. The maximum atomic E-state index is 14.2. The Kier molecular flexibility index (Phi) is 4.46. The molecule has 0 radical (unpaired) electrons. The summed E-state index contributed by atoms with van der Waals surface area (Å²) in [4.78, 5) is 30.1. The van der Waals surface area contributed by atoms with Crippen LogP contribution in [0.5, 0.6) is 5.75 Å². The SMILES string of the molecule is CCOc1ccc(N2C(=O)CS[C@@]23C(=O)N2c4c(cc(C)cc43)[C@H](C)CC2(C)C)cc1. The lowest BCUT2D eigenvalue weighted by Gasteiger charge is -2.44. The van der Waals surface area contributed by atoms with Crippen LogP contribution in [-0.4, -0.2) is 29.7 Å². The number of aryl methyl sites for hydroxylation is 1. The van der Waals surface area contributed by atoms with Crippen molar-refractivity contribution in [3.8, 4) is 5.75 Å². The lowest BCUT2D eigenvalue weighted by Crippen LogP contribution is -2.56. The molecule has 5 rings (SSSR count). The number of thioether (sulfide) groups is 1. The number of carbonyl (C=O) groups is 2. The molecule has 0 aliphatic carbocycles. The average Bonchev–Trinajstić information content (AvgIpc) is 3.18. The smallest absolute Gasteiger partial charge is 0.269 e. The van der Waals surface area contributed by atoms with Crippen molar-refractivity contribution in [1.82, 2.24) is 0 Å². The molecule has 1 saturated heterocycles. The van der Waals surface area contributed by atoms with Crippen LogP contribution in [0.25, 0.3) is 0 Å². The molecule has 3 heterocycles. The predicted molar refractivity (Wildman–Crippen MR) is 125 cm³/mol. The molecule has 5 nitrogen and oxygen atoms in total. The van der Waals surface area contributed by atoms with Crippen molar-refractivity contribution in [3.05, 3.63) is 53.1 Å². The van der Waals surface area contributed by atoms with Crippen LogP contribution >= 0.6 is 11.8 Å². The summed E-state index contributed by atoms with van der Waals surface area (Å²) in [7, 11) is 0. The summed E-state index contributed by atoms with van der Waals surface area (Å²) < 4.78 is 5.57. The van der Waals surface area contributed by atoms with Gasteiger partial charge < -0.3 is 9.64 Å². The number of nitrogens with zero attached hydrogens (tertiary/aromatic N) is 2. The van der Waals surface area contributed by atoms with Crippen LogP contribution in [-0.2, 0) is 14.5 Å². The molecule has 0 saturated carbocycles. The molecule has 0 unspecified atom stereocenters. The lowest BCUT2D eigenvalue weighted by atomic mass is 9.80. The van der Waals surface area contributed by atoms with Crippen molar-refractivity contribution in [3.63, 3.8) is 0 Å². The van der Waals surface area contributed by atoms with Crippen LogP contribution in [0, 0.1) is 6.92 Å². The Hall–Kier alpha value is -2.47. The number of benzene rings is 2. The first kappa shape index (κ1) is 20.4. The molecular weight excluding hydrogens is 408 g/mol. The summed E-state index contributed by atoms with van der Waals surface area (Å²) >= 11 is 1.45. The van der Waals surface area contributed by atoms with E-state index in [4.69, 9.17) is 4.74 Å². The van der Waals surface area contributed by atoms with Crippen molar-refractivity contribution >= 4 is 35.0 Å².